The Hall–Kier alpha value is -1.99. The largest absolute Gasteiger partial charge is 0.467 e. The zero-order valence-corrected chi connectivity index (χ0v) is 16.0. The van der Waals surface area contributed by atoms with Crippen molar-refractivity contribution in [3.63, 3.8) is 0 Å². The summed E-state index contributed by atoms with van der Waals surface area (Å²) in [6.07, 6.45) is 6.00. The average Bonchev–Trinajstić information content (AvgIpc) is 3.21. The fourth-order valence-electron chi connectivity index (χ4n) is 4.01. The first kappa shape index (κ1) is 18.4. The molecular formula is C20H24FN3O2S. The highest BCUT2D eigenvalue weighted by molar-refractivity contribution is 7.11. The number of amides is 1. The van der Waals surface area contributed by atoms with Crippen molar-refractivity contribution in [2.24, 2.45) is 0 Å². The van der Waals surface area contributed by atoms with Crippen LogP contribution in [0.15, 0.2) is 35.8 Å². The summed E-state index contributed by atoms with van der Waals surface area (Å²) in [6, 6.07) is 6.48. The molecule has 0 aliphatic carbocycles. The van der Waals surface area contributed by atoms with Gasteiger partial charge in [-0.05, 0) is 43.9 Å². The second-order valence-electron chi connectivity index (χ2n) is 7.18. The lowest BCUT2D eigenvalue weighted by atomic mass is 9.98. The first-order chi connectivity index (χ1) is 13.2. The molecule has 7 heteroatoms. The quantitative estimate of drug-likeness (QED) is 0.804. The predicted octanol–water partition coefficient (Wildman–Crippen LogP) is 3.43. The number of carbonyl (C=O) groups excluding carboxylic acids is 1. The zero-order valence-electron chi connectivity index (χ0n) is 15.2. The van der Waals surface area contributed by atoms with Crippen LogP contribution in [0.5, 0.6) is 5.19 Å². The second-order valence-corrected chi connectivity index (χ2v) is 8.04. The first-order valence-electron chi connectivity index (χ1n) is 9.54. The molecular weight excluding hydrogens is 365 g/mol. The molecule has 2 aliphatic heterocycles. The summed E-state index contributed by atoms with van der Waals surface area (Å²) in [5, 5.41) is 2.70. The van der Waals surface area contributed by atoms with Crippen molar-refractivity contribution in [2.75, 3.05) is 26.2 Å². The molecule has 0 radical (unpaired) electrons. The molecule has 0 atom stereocenters. The highest BCUT2D eigenvalue weighted by Gasteiger charge is 2.30. The van der Waals surface area contributed by atoms with Crippen molar-refractivity contribution < 1.29 is 13.9 Å². The Balaban J connectivity index is 1.24. The Kier molecular flexibility index (Phi) is 5.69. The standard InChI is InChI=1S/C20H24FN3O2S/c21-16-3-1-2-15(14-16)19(25)24-9-4-17(5-10-24)23-11-6-18(7-12-23)26-20-22-8-13-27-20/h1-3,8,13-14,17-18H,4-7,9-12H2. The summed E-state index contributed by atoms with van der Waals surface area (Å²) in [5.41, 5.74) is 0.439. The van der Waals surface area contributed by atoms with Crippen molar-refractivity contribution in [1.29, 1.82) is 0 Å². The minimum atomic E-state index is -0.362. The molecule has 2 fully saturated rings. The fourth-order valence-corrected chi connectivity index (χ4v) is 4.56. The van der Waals surface area contributed by atoms with E-state index < -0.39 is 0 Å². The third kappa shape index (κ3) is 4.47. The van der Waals surface area contributed by atoms with Gasteiger partial charge in [-0.1, -0.05) is 17.4 Å². The van der Waals surface area contributed by atoms with E-state index in [1.54, 1.807) is 18.3 Å². The third-order valence-electron chi connectivity index (χ3n) is 5.49. The smallest absolute Gasteiger partial charge is 0.273 e. The normalized spacial score (nSPS) is 20.0. The minimum absolute atomic E-state index is 0.0662. The monoisotopic (exact) mass is 389 g/mol. The molecule has 0 unspecified atom stereocenters. The summed E-state index contributed by atoms with van der Waals surface area (Å²) < 4.78 is 19.3. The van der Waals surface area contributed by atoms with Gasteiger partial charge in [-0.3, -0.25) is 9.69 Å². The number of rotatable bonds is 4. The molecule has 1 aromatic heterocycles. The van der Waals surface area contributed by atoms with Gasteiger partial charge in [0.15, 0.2) is 0 Å². The lowest BCUT2D eigenvalue weighted by Crippen LogP contribution is -2.50. The molecule has 2 saturated heterocycles. The fraction of sp³-hybridized carbons (Fsp3) is 0.500. The lowest BCUT2D eigenvalue weighted by molar-refractivity contribution is 0.0425. The van der Waals surface area contributed by atoms with Crippen molar-refractivity contribution in [3.05, 3.63) is 47.2 Å². The van der Waals surface area contributed by atoms with Crippen molar-refractivity contribution in [3.8, 4) is 5.19 Å². The number of aromatic nitrogens is 1. The van der Waals surface area contributed by atoms with Gasteiger partial charge in [0.05, 0.1) is 0 Å². The number of benzene rings is 1. The Labute approximate surface area is 162 Å². The van der Waals surface area contributed by atoms with E-state index in [9.17, 15) is 9.18 Å². The molecule has 27 heavy (non-hydrogen) atoms. The number of hydrogen-bond donors (Lipinski definition) is 0. The number of halogens is 1. The lowest BCUT2D eigenvalue weighted by Gasteiger charge is -2.41. The van der Waals surface area contributed by atoms with Crippen LogP contribution >= 0.6 is 11.3 Å². The summed E-state index contributed by atoms with van der Waals surface area (Å²) in [4.78, 5) is 21.1. The van der Waals surface area contributed by atoms with Gasteiger partial charge in [0.2, 0.25) is 0 Å². The number of nitrogens with zero attached hydrogens (tertiary/aromatic N) is 3. The number of likely N-dealkylation sites (tertiary alicyclic amines) is 2. The van der Waals surface area contributed by atoms with E-state index in [-0.39, 0.29) is 17.8 Å². The van der Waals surface area contributed by atoms with Crippen LogP contribution in [0.25, 0.3) is 0 Å². The van der Waals surface area contributed by atoms with Gasteiger partial charge in [-0.25, -0.2) is 9.37 Å². The van der Waals surface area contributed by atoms with E-state index in [0.717, 1.165) is 57.1 Å². The van der Waals surface area contributed by atoms with Crippen LogP contribution in [-0.4, -0.2) is 59.0 Å². The molecule has 4 rings (SSSR count). The van der Waals surface area contributed by atoms with Gasteiger partial charge in [0.25, 0.3) is 11.1 Å². The van der Waals surface area contributed by atoms with E-state index in [2.05, 4.69) is 9.88 Å². The van der Waals surface area contributed by atoms with Gasteiger partial charge < -0.3 is 9.64 Å². The Bertz CT molecular complexity index is 754. The molecule has 1 aromatic carbocycles. The number of thiazole rings is 1. The summed E-state index contributed by atoms with van der Waals surface area (Å²) in [7, 11) is 0. The molecule has 0 spiro atoms. The summed E-state index contributed by atoms with van der Waals surface area (Å²) in [5.74, 6) is -0.429. The van der Waals surface area contributed by atoms with Gasteiger partial charge in [0, 0.05) is 49.4 Å². The maximum atomic E-state index is 13.4. The molecule has 2 aliphatic rings. The minimum Gasteiger partial charge on any atom is -0.467 e. The Morgan fingerprint density at radius 1 is 1.15 bits per heavy atom. The average molecular weight is 389 g/mol. The van der Waals surface area contributed by atoms with Crippen LogP contribution < -0.4 is 4.74 Å². The van der Waals surface area contributed by atoms with E-state index >= 15 is 0 Å². The van der Waals surface area contributed by atoms with Crippen LogP contribution in [0, 0.1) is 5.82 Å². The number of carbonyl (C=O) groups is 1. The third-order valence-corrected chi connectivity index (χ3v) is 6.15. The Morgan fingerprint density at radius 3 is 2.59 bits per heavy atom. The zero-order chi connectivity index (χ0) is 18.6. The van der Waals surface area contributed by atoms with Crippen LogP contribution in [0.2, 0.25) is 0 Å². The predicted molar refractivity (Wildman–Crippen MR) is 103 cm³/mol. The SMILES string of the molecule is O=C(c1cccc(F)c1)N1CCC(N2CCC(Oc3nccs3)CC2)CC1. The van der Waals surface area contributed by atoms with Crippen LogP contribution in [-0.2, 0) is 0 Å². The maximum Gasteiger partial charge on any atom is 0.273 e. The second kappa shape index (κ2) is 8.35. The number of piperidine rings is 2. The number of hydrogen-bond acceptors (Lipinski definition) is 5. The number of ether oxygens (including phenoxy) is 1. The van der Waals surface area contributed by atoms with Crippen LogP contribution in [0.4, 0.5) is 4.39 Å². The van der Waals surface area contributed by atoms with Gasteiger partial charge >= 0.3 is 0 Å². The maximum absolute atomic E-state index is 13.4. The van der Waals surface area contributed by atoms with E-state index in [4.69, 9.17) is 4.74 Å². The highest BCUT2D eigenvalue weighted by atomic mass is 32.1. The molecule has 0 saturated carbocycles. The Morgan fingerprint density at radius 2 is 1.93 bits per heavy atom. The van der Waals surface area contributed by atoms with Gasteiger partial charge in [-0.2, -0.15) is 0 Å². The van der Waals surface area contributed by atoms with Crippen LogP contribution in [0.3, 0.4) is 0 Å². The van der Waals surface area contributed by atoms with Crippen molar-refractivity contribution >= 4 is 17.2 Å². The van der Waals surface area contributed by atoms with Crippen molar-refractivity contribution in [1.82, 2.24) is 14.8 Å². The first-order valence-corrected chi connectivity index (χ1v) is 10.4. The molecule has 3 heterocycles. The molecule has 2 aromatic rings. The van der Waals surface area contributed by atoms with Gasteiger partial charge in [0.1, 0.15) is 11.9 Å². The van der Waals surface area contributed by atoms with E-state index in [1.165, 1.54) is 23.5 Å². The summed E-state index contributed by atoms with van der Waals surface area (Å²) >= 11 is 1.54. The van der Waals surface area contributed by atoms with E-state index in [0.29, 0.717) is 11.6 Å². The van der Waals surface area contributed by atoms with Crippen molar-refractivity contribution in [2.45, 2.75) is 37.8 Å². The molecule has 0 bridgehead atoms. The topological polar surface area (TPSA) is 45.7 Å². The molecule has 0 N–H and O–H groups in total. The molecule has 144 valence electrons. The highest BCUT2D eigenvalue weighted by Crippen LogP contribution is 2.25. The molecule has 5 nitrogen and oxygen atoms in total. The van der Waals surface area contributed by atoms with Gasteiger partial charge in [-0.15, -0.1) is 0 Å². The summed E-state index contributed by atoms with van der Waals surface area (Å²) in [6.45, 7) is 3.52. The van der Waals surface area contributed by atoms with E-state index in [1.807, 2.05) is 10.3 Å². The van der Waals surface area contributed by atoms with Crippen LogP contribution in [0.1, 0.15) is 36.0 Å². The molecule has 1 amide bonds.